The molecule has 0 radical (unpaired) electrons. The molecule has 0 amide bonds. The first-order valence-corrected chi connectivity index (χ1v) is 8.24. The third-order valence-electron chi connectivity index (χ3n) is 3.12. The zero-order chi connectivity index (χ0) is 14.7. The molecule has 2 aromatic rings. The van der Waals surface area contributed by atoms with Crippen molar-refractivity contribution in [2.24, 2.45) is 5.73 Å². The van der Waals surface area contributed by atoms with E-state index in [4.69, 9.17) is 5.73 Å². The zero-order valence-corrected chi connectivity index (χ0v) is 13.9. The molecule has 2 rings (SSSR count). The van der Waals surface area contributed by atoms with Gasteiger partial charge in [-0.15, -0.1) is 10.2 Å². The largest absolute Gasteiger partial charge is 0.353 e. The number of benzene rings is 1. The molecule has 0 aliphatic carbocycles. The van der Waals surface area contributed by atoms with Gasteiger partial charge in [-0.25, -0.2) is 0 Å². The fourth-order valence-electron chi connectivity index (χ4n) is 1.69. The van der Waals surface area contributed by atoms with Crippen molar-refractivity contribution in [3.8, 4) is 0 Å². The predicted molar refractivity (Wildman–Crippen MR) is 87.8 cm³/mol. The topological polar surface area (TPSA) is 55.0 Å². The predicted octanol–water partition coefficient (Wildman–Crippen LogP) is 3.01. The third kappa shape index (κ3) is 3.71. The number of hydrogen-bond donors (Lipinski definition) is 1. The Morgan fingerprint density at radius 2 is 2.00 bits per heavy atom. The van der Waals surface area contributed by atoms with E-state index in [1.165, 1.54) is 16.7 Å². The highest BCUT2D eigenvalue weighted by Crippen LogP contribution is 2.29. The van der Waals surface area contributed by atoms with Gasteiger partial charge in [0.25, 0.3) is 0 Å². The summed E-state index contributed by atoms with van der Waals surface area (Å²) in [5, 5.41) is 9.22. The smallest absolute Gasteiger partial charge is 0.208 e. The van der Waals surface area contributed by atoms with Gasteiger partial charge in [0.15, 0.2) is 4.34 Å². The lowest BCUT2D eigenvalue weighted by Gasteiger charge is -2.12. The van der Waals surface area contributed by atoms with E-state index in [1.807, 2.05) is 19.0 Å². The van der Waals surface area contributed by atoms with Gasteiger partial charge < -0.3 is 10.6 Å². The molecule has 1 aromatic carbocycles. The number of aryl methyl sites for hydroxylation is 2. The van der Waals surface area contributed by atoms with E-state index in [-0.39, 0.29) is 6.04 Å². The second-order valence-corrected chi connectivity index (χ2v) is 7.23. The van der Waals surface area contributed by atoms with Crippen molar-refractivity contribution in [1.82, 2.24) is 10.2 Å². The number of hydrogen-bond acceptors (Lipinski definition) is 6. The van der Waals surface area contributed by atoms with Crippen LogP contribution in [0.15, 0.2) is 22.5 Å². The summed E-state index contributed by atoms with van der Waals surface area (Å²) in [6.07, 6.45) is 0. The first-order valence-electron chi connectivity index (χ1n) is 6.43. The normalized spacial score (nSPS) is 12.4. The van der Waals surface area contributed by atoms with Crippen molar-refractivity contribution in [3.05, 3.63) is 34.9 Å². The molecule has 0 spiro atoms. The Balaban J connectivity index is 1.97. The summed E-state index contributed by atoms with van der Waals surface area (Å²) in [6, 6.07) is 6.43. The van der Waals surface area contributed by atoms with E-state index >= 15 is 0 Å². The summed E-state index contributed by atoms with van der Waals surface area (Å²) in [6.45, 7) is 4.23. The minimum Gasteiger partial charge on any atom is -0.353 e. The highest BCUT2D eigenvalue weighted by molar-refractivity contribution is 8.01. The average Bonchev–Trinajstić information content (AvgIpc) is 2.88. The van der Waals surface area contributed by atoms with Crippen LogP contribution in [0.1, 0.15) is 22.7 Å². The Labute approximate surface area is 128 Å². The SMILES string of the molecule is Cc1ccc(C(N)CSc2nnc(N(C)C)s2)cc1C. The molecule has 1 unspecified atom stereocenters. The molecule has 20 heavy (non-hydrogen) atoms. The molecule has 0 saturated carbocycles. The van der Waals surface area contributed by atoms with Gasteiger partial charge in [-0.3, -0.25) is 0 Å². The van der Waals surface area contributed by atoms with Crippen molar-refractivity contribution in [2.75, 3.05) is 24.7 Å². The molecule has 2 N–H and O–H groups in total. The molecule has 1 heterocycles. The number of thioether (sulfide) groups is 1. The van der Waals surface area contributed by atoms with Crippen LogP contribution in [0.4, 0.5) is 5.13 Å². The maximum atomic E-state index is 6.25. The molecule has 0 saturated heterocycles. The summed E-state index contributed by atoms with van der Waals surface area (Å²) in [7, 11) is 3.94. The number of nitrogens with zero attached hydrogens (tertiary/aromatic N) is 3. The summed E-state index contributed by atoms with van der Waals surface area (Å²) < 4.78 is 0.966. The molecular weight excluding hydrogens is 288 g/mol. The van der Waals surface area contributed by atoms with Gasteiger partial charge in [0.05, 0.1) is 0 Å². The lowest BCUT2D eigenvalue weighted by Crippen LogP contribution is -2.13. The molecule has 108 valence electrons. The van der Waals surface area contributed by atoms with E-state index in [1.54, 1.807) is 23.1 Å². The second-order valence-electron chi connectivity index (χ2n) is 5.01. The first kappa shape index (κ1) is 15.3. The molecular formula is C14H20N4S2. The summed E-state index contributed by atoms with van der Waals surface area (Å²) >= 11 is 3.26. The van der Waals surface area contributed by atoms with Gasteiger partial charge in [-0.05, 0) is 30.5 Å². The van der Waals surface area contributed by atoms with E-state index in [0.29, 0.717) is 0 Å². The maximum Gasteiger partial charge on any atom is 0.208 e. The van der Waals surface area contributed by atoms with Crippen LogP contribution in [-0.4, -0.2) is 30.0 Å². The van der Waals surface area contributed by atoms with E-state index in [0.717, 1.165) is 15.2 Å². The monoisotopic (exact) mass is 308 g/mol. The van der Waals surface area contributed by atoms with Crippen LogP contribution in [0.25, 0.3) is 0 Å². The molecule has 1 aromatic heterocycles. The van der Waals surface area contributed by atoms with Crippen LogP contribution in [-0.2, 0) is 0 Å². The van der Waals surface area contributed by atoms with Crippen LogP contribution in [0.5, 0.6) is 0 Å². The molecule has 0 aliphatic rings. The average molecular weight is 308 g/mol. The summed E-state index contributed by atoms with van der Waals surface area (Å²) in [5.74, 6) is 0.810. The standard InChI is InChI=1S/C14H20N4S2/c1-9-5-6-11(7-10(9)2)12(15)8-19-14-17-16-13(20-14)18(3)4/h5-7,12H,8,15H2,1-4H3. The molecule has 0 bridgehead atoms. The van der Waals surface area contributed by atoms with Crippen molar-refractivity contribution in [2.45, 2.75) is 24.2 Å². The number of nitrogens with two attached hydrogens (primary N) is 1. The van der Waals surface area contributed by atoms with E-state index < -0.39 is 0 Å². The maximum absolute atomic E-state index is 6.25. The number of rotatable bonds is 5. The van der Waals surface area contributed by atoms with Crippen LogP contribution in [0.2, 0.25) is 0 Å². The van der Waals surface area contributed by atoms with Crippen LogP contribution in [0.3, 0.4) is 0 Å². The van der Waals surface area contributed by atoms with Gasteiger partial charge in [-0.1, -0.05) is 41.3 Å². The third-order valence-corrected chi connectivity index (χ3v) is 5.47. The quantitative estimate of drug-likeness (QED) is 0.861. The highest BCUT2D eigenvalue weighted by atomic mass is 32.2. The Hall–Kier alpha value is -1.11. The minimum absolute atomic E-state index is 0.0195. The minimum atomic E-state index is 0.0195. The Morgan fingerprint density at radius 1 is 1.25 bits per heavy atom. The molecule has 6 heteroatoms. The van der Waals surface area contributed by atoms with Gasteiger partial charge in [-0.2, -0.15) is 0 Å². The lowest BCUT2D eigenvalue weighted by molar-refractivity contribution is 0.827. The first-order chi connectivity index (χ1) is 9.47. The fraction of sp³-hybridized carbons (Fsp3) is 0.429. The summed E-state index contributed by atoms with van der Waals surface area (Å²) in [5.41, 5.74) is 10.0. The van der Waals surface area contributed by atoms with Crippen LogP contribution in [0, 0.1) is 13.8 Å². The lowest BCUT2D eigenvalue weighted by atomic mass is 10.0. The highest BCUT2D eigenvalue weighted by Gasteiger charge is 2.11. The Morgan fingerprint density at radius 3 is 2.60 bits per heavy atom. The van der Waals surface area contributed by atoms with Crippen LogP contribution >= 0.6 is 23.1 Å². The van der Waals surface area contributed by atoms with Crippen molar-refractivity contribution >= 4 is 28.2 Å². The summed E-state index contributed by atoms with van der Waals surface area (Å²) in [4.78, 5) is 1.96. The fourth-order valence-corrected chi connectivity index (χ4v) is 3.47. The van der Waals surface area contributed by atoms with Gasteiger partial charge in [0, 0.05) is 25.9 Å². The van der Waals surface area contributed by atoms with Gasteiger partial charge in [0.2, 0.25) is 5.13 Å². The Bertz CT molecular complexity index is 580. The van der Waals surface area contributed by atoms with Gasteiger partial charge >= 0.3 is 0 Å². The van der Waals surface area contributed by atoms with Crippen molar-refractivity contribution in [1.29, 1.82) is 0 Å². The second kappa shape index (κ2) is 6.56. The number of anilines is 1. The molecule has 1 atom stereocenters. The van der Waals surface area contributed by atoms with Crippen molar-refractivity contribution < 1.29 is 0 Å². The van der Waals surface area contributed by atoms with Crippen molar-refractivity contribution in [3.63, 3.8) is 0 Å². The van der Waals surface area contributed by atoms with E-state index in [2.05, 4.69) is 42.2 Å². The Kier molecular flexibility index (Phi) is 5.01. The number of aromatic nitrogens is 2. The van der Waals surface area contributed by atoms with Crippen LogP contribution < -0.4 is 10.6 Å². The van der Waals surface area contributed by atoms with Gasteiger partial charge in [0.1, 0.15) is 0 Å². The zero-order valence-electron chi connectivity index (χ0n) is 12.3. The molecule has 4 nitrogen and oxygen atoms in total. The molecule has 0 aliphatic heterocycles. The molecule has 0 fully saturated rings. The van der Waals surface area contributed by atoms with E-state index in [9.17, 15) is 0 Å².